The van der Waals surface area contributed by atoms with E-state index in [4.69, 9.17) is 9.47 Å². The van der Waals surface area contributed by atoms with Gasteiger partial charge in [-0.15, -0.1) is 0 Å². The number of aryl methyl sites for hydroxylation is 1. The predicted octanol–water partition coefficient (Wildman–Crippen LogP) is 2.87. The molecule has 0 saturated carbocycles. The van der Waals surface area contributed by atoms with Crippen molar-refractivity contribution < 1.29 is 14.3 Å². The number of hydrogen-bond acceptors (Lipinski definition) is 6. The highest BCUT2D eigenvalue weighted by molar-refractivity contribution is 5.87. The van der Waals surface area contributed by atoms with E-state index in [1.54, 1.807) is 6.07 Å². The monoisotopic (exact) mass is 341 g/mol. The van der Waals surface area contributed by atoms with Gasteiger partial charge in [0.1, 0.15) is 17.9 Å². The predicted molar refractivity (Wildman–Crippen MR) is 95.0 cm³/mol. The fourth-order valence-corrected chi connectivity index (χ4v) is 2.99. The lowest BCUT2D eigenvalue weighted by molar-refractivity contribution is 0.0594. The zero-order valence-electron chi connectivity index (χ0n) is 14.6. The summed E-state index contributed by atoms with van der Waals surface area (Å²) in [6.45, 7) is 4.50. The summed E-state index contributed by atoms with van der Waals surface area (Å²) >= 11 is 0. The van der Waals surface area contributed by atoms with Crippen LogP contribution < -0.4 is 9.64 Å². The summed E-state index contributed by atoms with van der Waals surface area (Å²) in [6.07, 6.45) is 3.60. The molecule has 1 aliphatic rings. The number of benzene rings is 1. The highest BCUT2D eigenvalue weighted by Crippen LogP contribution is 2.23. The van der Waals surface area contributed by atoms with Crippen molar-refractivity contribution in [2.24, 2.45) is 5.92 Å². The van der Waals surface area contributed by atoms with Crippen LogP contribution >= 0.6 is 0 Å². The zero-order chi connectivity index (χ0) is 17.6. The molecule has 1 aliphatic heterocycles. The Kier molecular flexibility index (Phi) is 5.48. The number of nitrogens with zero attached hydrogens (tertiary/aromatic N) is 3. The Morgan fingerprint density at radius 1 is 1.28 bits per heavy atom. The number of esters is 1. The molecule has 0 radical (unpaired) electrons. The number of aromatic nitrogens is 2. The molecule has 132 valence electrons. The maximum absolute atomic E-state index is 11.6. The molecular weight excluding hydrogens is 318 g/mol. The minimum absolute atomic E-state index is 0.283. The highest BCUT2D eigenvalue weighted by atomic mass is 16.5. The van der Waals surface area contributed by atoms with E-state index in [0.717, 1.165) is 37.5 Å². The largest absolute Gasteiger partial charge is 0.493 e. The number of piperidine rings is 1. The molecular formula is C19H23N3O3. The van der Waals surface area contributed by atoms with E-state index in [0.29, 0.717) is 12.5 Å². The van der Waals surface area contributed by atoms with Crippen LogP contribution in [0.3, 0.4) is 0 Å². The maximum Gasteiger partial charge on any atom is 0.356 e. The van der Waals surface area contributed by atoms with Crippen LogP contribution in [0.1, 0.15) is 28.9 Å². The van der Waals surface area contributed by atoms with E-state index in [1.165, 1.54) is 19.0 Å². The summed E-state index contributed by atoms with van der Waals surface area (Å²) in [4.78, 5) is 22.1. The molecule has 0 amide bonds. The van der Waals surface area contributed by atoms with Crippen LogP contribution in [0.4, 0.5) is 5.82 Å². The van der Waals surface area contributed by atoms with Gasteiger partial charge in [-0.1, -0.05) is 17.7 Å². The SMILES string of the molecule is COC(=O)c1cc(N2CCC[C@@H](COc3ccc(C)cc3)C2)ncn1. The molecule has 1 atom stereocenters. The van der Waals surface area contributed by atoms with Crippen LogP contribution in [0.25, 0.3) is 0 Å². The molecule has 0 bridgehead atoms. The molecule has 0 spiro atoms. The summed E-state index contributed by atoms with van der Waals surface area (Å²) in [5.41, 5.74) is 1.51. The second-order valence-corrected chi connectivity index (χ2v) is 6.33. The Labute approximate surface area is 147 Å². The zero-order valence-corrected chi connectivity index (χ0v) is 14.6. The normalized spacial score (nSPS) is 17.2. The number of carbonyl (C=O) groups is 1. The first-order valence-corrected chi connectivity index (χ1v) is 8.50. The van der Waals surface area contributed by atoms with Crippen molar-refractivity contribution in [1.82, 2.24) is 9.97 Å². The third kappa shape index (κ3) is 4.47. The lowest BCUT2D eigenvalue weighted by atomic mass is 9.99. The number of rotatable bonds is 5. The molecule has 0 N–H and O–H groups in total. The molecule has 6 heteroatoms. The van der Waals surface area contributed by atoms with E-state index in [-0.39, 0.29) is 5.69 Å². The van der Waals surface area contributed by atoms with Gasteiger partial charge in [-0.05, 0) is 31.9 Å². The average molecular weight is 341 g/mol. The van der Waals surface area contributed by atoms with Crippen molar-refractivity contribution in [3.8, 4) is 5.75 Å². The number of ether oxygens (including phenoxy) is 2. The molecule has 2 aromatic rings. The number of hydrogen-bond donors (Lipinski definition) is 0. The van der Waals surface area contributed by atoms with Gasteiger partial charge in [0, 0.05) is 25.1 Å². The first kappa shape index (κ1) is 17.2. The molecule has 2 heterocycles. The molecule has 25 heavy (non-hydrogen) atoms. The van der Waals surface area contributed by atoms with Crippen LogP contribution in [0, 0.1) is 12.8 Å². The van der Waals surface area contributed by atoms with Crippen LogP contribution in [0.15, 0.2) is 36.7 Å². The molecule has 0 unspecified atom stereocenters. The second-order valence-electron chi connectivity index (χ2n) is 6.33. The fourth-order valence-electron chi connectivity index (χ4n) is 2.99. The van der Waals surface area contributed by atoms with E-state index in [1.807, 2.05) is 12.1 Å². The van der Waals surface area contributed by atoms with Gasteiger partial charge >= 0.3 is 5.97 Å². The Morgan fingerprint density at radius 2 is 2.08 bits per heavy atom. The minimum atomic E-state index is -0.445. The standard InChI is InChI=1S/C19H23N3O3/c1-14-5-7-16(8-6-14)25-12-15-4-3-9-22(11-15)18-10-17(19(23)24-2)20-13-21-18/h5-8,10,13,15H,3-4,9,11-12H2,1-2H3/t15-/m1/s1. The van der Waals surface area contributed by atoms with E-state index in [2.05, 4.69) is 33.9 Å². The Morgan fingerprint density at radius 3 is 2.84 bits per heavy atom. The summed E-state index contributed by atoms with van der Waals surface area (Å²) in [7, 11) is 1.35. The molecule has 0 aliphatic carbocycles. The van der Waals surface area contributed by atoms with Crippen molar-refractivity contribution >= 4 is 11.8 Å². The lowest BCUT2D eigenvalue weighted by Gasteiger charge is -2.33. The van der Waals surface area contributed by atoms with E-state index >= 15 is 0 Å². The van der Waals surface area contributed by atoms with E-state index < -0.39 is 5.97 Å². The van der Waals surface area contributed by atoms with Crippen LogP contribution in [0.5, 0.6) is 5.75 Å². The molecule has 1 aromatic heterocycles. The van der Waals surface area contributed by atoms with Gasteiger partial charge in [-0.3, -0.25) is 0 Å². The van der Waals surface area contributed by atoms with Gasteiger partial charge in [0.05, 0.1) is 13.7 Å². The minimum Gasteiger partial charge on any atom is -0.493 e. The van der Waals surface area contributed by atoms with Gasteiger partial charge in [0.15, 0.2) is 5.69 Å². The molecule has 1 aromatic carbocycles. The lowest BCUT2D eigenvalue weighted by Crippen LogP contribution is -2.38. The van der Waals surface area contributed by atoms with E-state index in [9.17, 15) is 4.79 Å². The van der Waals surface area contributed by atoms with Crippen molar-refractivity contribution in [3.63, 3.8) is 0 Å². The third-order valence-electron chi connectivity index (χ3n) is 4.40. The van der Waals surface area contributed by atoms with Crippen LogP contribution in [-0.2, 0) is 4.74 Å². The summed E-state index contributed by atoms with van der Waals surface area (Å²) in [6, 6.07) is 9.80. The van der Waals surface area contributed by atoms with Gasteiger partial charge in [0.2, 0.25) is 0 Å². The number of methoxy groups -OCH3 is 1. The van der Waals surface area contributed by atoms with Gasteiger partial charge in [-0.25, -0.2) is 14.8 Å². The van der Waals surface area contributed by atoms with Gasteiger partial charge in [0.25, 0.3) is 0 Å². The molecule has 1 fully saturated rings. The Bertz CT molecular complexity index is 718. The van der Waals surface area contributed by atoms with Crippen molar-refractivity contribution in [2.45, 2.75) is 19.8 Å². The van der Waals surface area contributed by atoms with Crippen LogP contribution in [-0.4, -0.2) is 42.7 Å². The Hall–Kier alpha value is -2.63. The second kappa shape index (κ2) is 7.96. The quantitative estimate of drug-likeness (QED) is 0.779. The summed E-state index contributed by atoms with van der Waals surface area (Å²) in [5.74, 6) is 1.64. The Balaban J connectivity index is 1.61. The van der Waals surface area contributed by atoms with Crippen molar-refractivity contribution in [1.29, 1.82) is 0 Å². The molecule has 1 saturated heterocycles. The highest BCUT2D eigenvalue weighted by Gasteiger charge is 2.22. The topological polar surface area (TPSA) is 64.5 Å². The smallest absolute Gasteiger partial charge is 0.356 e. The van der Waals surface area contributed by atoms with Gasteiger partial charge in [-0.2, -0.15) is 0 Å². The first-order valence-electron chi connectivity index (χ1n) is 8.50. The number of carbonyl (C=O) groups excluding carboxylic acids is 1. The maximum atomic E-state index is 11.6. The average Bonchev–Trinajstić information content (AvgIpc) is 2.67. The molecule has 3 rings (SSSR count). The third-order valence-corrected chi connectivity index (χ3v) is 4.40. The van der Waals surface area contributed by atoms with Crippen molar-refractivity contribution in [2.75, 3.05) is 31.7 Å². The summed E-state index contributed by atoms with van der Waals surface area (Å²) < 4.78 is 10.7. The van der Waals surface area contributed by atoms with Gasteiger partial charge < -0.3 is 14.4 Å². The fraction of sp³-hybridized carbons (Fsp3) is 0.421. The molecule has 6 nitrogen and oxygen atoms in total. The summed E-state index contributed by atoms with van der Waals surface area (Å²) in [5, 5.41) is 0. The van der Waals surface area contributed by atoms with Crippen molar-refractivity contribution in [3.05, 3.63) is 47.9 Å². The first-order chi connectivity index (χ1) is 12.2. The number of anilines is 1. The van der Waals surface area contributed by atoms with Crippen LogP contribution in [0.2, 0.25) is 0 Å².